The molecule has 1 aliphatic rings. The van der Waals surface area contributed by atoms with Gasteiger partial charge in [0.2, 0.25) is 11.7 Å². The van der Waals surface area contributed by atoms with Crippen LogP contribution in [0.15, 0.2) is 28.8 Å². The number of nitrogens with zero attached hydrogens (tertiary/aromatic N) is 2. The number of aromatic nitrogens is 2. The third kappa shape index (κ3) is 4.89. The summed E-state index contributed by atoms with van der Waals surface area (Å²) in [4.78, 5) is 26.9. The molecule has 0 spiro atoms. The monoisotopic (exact) mass is 358 g/mol. The summed E-state index contributed by atoms with van der Waals surface area (Å²) < 4.78 is 5.36. The minimum atomic E-state index is -0.946. The summed E-state index contributed by atoms with van der Waals surface area (Å²) in [5.41, 5.74) is 1.23. The van der Waals surface area contributed by atoms with Crippen molar-refractivity contribution < 1.29 is 19.2 Å². The fourth-order valence-corrected chi connectivity index (χ4v) is 2.94. The van der Waals surface area contributed by atoms with Gasteiger partial charge >= 0.3 is 5.97 Å². The highest BCUT2D eigenvalue weighted by atomic mass is 16.5. The molecule has 1 aromatic carbocycles. The van der Waals surface area contributed by atoms with Crippen LogP contribution in [-0.4, -0.2) is 46.8 Å². The van der Waals surface area contributed by atoms with Gasteiger partial charge in [-0.05, 0) is 44.0 Å². The van der Waals surface area contributed by atoms with Crippen LogP contribution in [0.3, 0.4) is 0 Å². The van der Waals surface area contributed by atoms with Crippen LogP contribution in [0.25, 0.3) is 11.4 Å². The molecule has 26 heavy (non-hydrogen) atoms. The second-order valence-electron chi connectivity index (χ2n) is 6.39. The van der Waals surface area contributed by atoms with Gasteiger partial charge in [-0.2, -0.15) is 4.98 Å². The SMILES string of the molecule is O=C(O)CCNC(=O)c1ccc(-c2noc(CC3CCNCC3)n2)cc1. The molecule has 2 heterocycles. The number of benzene rings is 1. The Morgan fingerprint density at radius 1 is 1.23 bits per heavy atom. The molecule has 0 saturated carbocycles. The van der Waals surface area contributed by atoms with Gasteiger partial charge in [0.25, 0.3) is 5.91 Å². The Bertz CT molecular complexity index is 751. The Morgan fingerprint density at radius 2 is 1.96 bits per heavy atom. The maximum absolute atomic E-state index is 11.9. The molecule has 3 rings (SSSR count). The Balaban J connectivity index is 1.58. The number of aliphatic carboxylic acids is 1. The van der Waals surface area contributed by atoms with Crippen LogP contribution in [0.5, 0.6) is 0 Å². The minimum absolute atomic E-state index is 0.0980. The average molecular weight is 358 g/mol. The summed E-state index contributed by atoms with van der Waals surface area (Å²) in [5.74, 6) is 0.464. The summed E-state index contributed by atoms with van der Waals surface area (Å²) in [6.07, 6.45) is 2.91. The van der Waals surface area contributed by atoms with E-state index < -0.39 is 5.97 Å². The van der Waals surface area contributed by atoms with Crippen molar-refractivity contribution in [1.82, 2.24) is 20.8 Å². The summed E-state index contributed by atoms with van der Waals surface area (Å²) in [6, 6.07) is 6.83. The quantitative estimate of drug-likeness (QED) is 0.686. The van der Waals surface area contributed by atoms with Gasteiger partial charge in [0.15, 0.2) is 0 Å². The highest BCUT2D eigenvalue weighted by Crippen LogP contribution is 2.20. The number of carbonyl (C=O) groups is 2. The van der Waals surface area contributed by atoms with E-state index in [1.807, 2.05) is 0 Å². The lowest BCUT2D eigenvalue weighted by Gasteiger charge is -2.20. The highest BCUT2D eigenvalue weighted by molar-refractivity contribution is 5.94. The van der Waals surface area contributed by atoms with Crippen LogP contribution in [0.4, 0.5) is 0 Å². The largest absolute Gasteiger partial charge is 0.481 e. The lowest BCUT2D eigenvalue weighted by Crippen LogP contribution is -2.28. The lowest BCUT2D eigenvalue weighted by molar-refractivity contribution is -0.136. The van der Waals surface area contributed by atoms with Gasteiger partial charge in [0.05, 0.1) is 6.42 Å². The molecule has 0 atom stereocenters. The number of carboxylic acids is 1. The van der Waals surface area contributed by atoms with E-state index >= 15 is 0 Å². The fraction of sp³-hybridized carbons (Fsp3) is 0.444. The first-order valence-electron chi connectivity index (χ1n) is 8.75. The molecular formula is C18H22N4O4. The number of amides is 1. The van der Waals surface area contributed by atoms with Gasteiger partial charge in [0, 0.05) is 24.1 Å². The first kappa shape index (κ1) is 18.1. The minimum Gasteiger partial charge on any atom is -0.481 e. The molecule has 0 bridgehead atoms. The molecule has 3 N–H and O–H groups in total. The Labute approximate surface area is 151 Å². The standard InChI is InChI=1S/C18H22N4O4/c23-16(24)7-10-20-18(25)14-3-1-13(2-4-14)17-21-15(26-22-17)11-12-5-8-19-9-6-12/h1-4,12,19H,5-11H2,(H,20,25)(H,23,24). The summed E-state index contributed by atoms with van der Waals surface area (Å²) in [5, 5.41) is 18.5. The van der Waals surface area contributed by atoms with E-state index in [0.717, 1.165) is 37.9 Å². The first-order chi connectivity index (χ1) is 12.6. The summed E-state index contributed by atoms with van der Waals surface area (Å²) in [7, 11) is 0. The summed E-state index contributed by atoms with van der Waals surface area (Å²) >= 11 is 0. The maximum atomic E-state index is 11.9. The average Bonchev–Trinajstić information content (AvgIpc) is 3.11. The molecular weight excluding hydrogens is 336 g/mol. The Hall–Kier alpha value is -2.74. The van der Waals surface area contributed by atoms with Crippen molar-refractivity contribution in [3.63, 3.8) is 0 Å². The van der Waals surface area contributed by atoms with E-state index in [2.05, 4.69) is 20.8 Å². The van der Waals surface area contributed by atoms with Gasteiger partial charge in [-0.3, -0.25) is 9.59 Å². The van der Waals surface area contributed by atoms with Crippen molar-refractivity contribution >= 4 is 11.9 Å². The molecule has 0 aliphatic carbocycles. The van der Waals surface area contributed by atoms with Crippen LogP contribution >= 0.6 is 0 Å². The van der Waals surface area contributed by atoms with E-state index in [0.29, 0.717) is 23.2 Å². The predicted molar refractivity (Wildman–Crippen MR) is 93.6 cm³/mol. The predicted octanol–water partition coefficient (Wildman–Crippen LogP) is 1.48. The zero-order valence-corrected chi connectivity index (χ0v) is 14.4. The highest BCUT2D eigenvalue weighted by Gasteiger charge is 2.18. The van der Waals surface area contributed by atoms with E-state index in [1.54, 1.807) is 24.3 Å². The second kappa shape index (κ2) is 8.57. The van der Waals surface area contributed by atoms with Gasteiger partial charge in [-0.25, -0.2) is 0 Å². The van der Waals surface area contributed by atoms with Gasteiger partial charge in [0.1, 0.15) is 0 Å². The lowest BCUT2D eigenvalue weighted by atomic mass is 9.95. The van der Waals surface area contributed by atoms with Gasteiger partial charge in [-0.1, -0.05) is 17.3 Å². The van der Waals surface area contributed by atoms with Crippen molar-refractivity contribution in [3.8, 4) is 11.4 Å². The molecule has 1 aliphatic heterocycles. The second-order valence-corrected chi connectivity index (χ2v) is 6.39. The molecule has 1 saturated heterocycles. The van der Waals surface area contributed by atoms with Gasteiger partial charge in [-0.15, -0.1) is 0 Å². The number of carboxylic acid groups (broad SMARTS) is 1. The van der Waals surface area contributed by atoms with E-state index in [-0.39, 0.29) is 18.9 Å². The fourth-order valence-electron chi connectivity index (χ4n) is 2.94. The van der Waals surface area contributed by atoms with Crippen LogP contribution < -0.4 is 10.6 Å². The van der Waals surface area contributed by atoms with Crippen molar-refractivity contribution in [1.29, 1.82) is 0 Å². The number of carbonyl (C=O) groups excluding carboxylic acids is 1. The number of hydrogen-bond donors (Lipinski definition) is 3. The summed E-state index contributed by atoms with van der Waals surface area (Å²) in [6.45, 7) is 2.16. The molecule has 2 aromatic rings. The van der Waals surface area contributed by atoms with Crippen molar-refractivity contribution in [3.05, 3.63) is 35.7 Å². The van der Waals surface area contributed by atoms with E-state index in [1.165, 1.54) is 0 Å². The topological polar surface area (TPSA) is 117 Å². The number of rotatable bonds is 7. The maximum Gasteiger partial charge on any atom is 0.305 e. The third-order valence-corrected chi connectivity index (χ3v) is 4.42. The van der Waals surface area contributed by atoms with E-state index in [9.17, 15) is 9.59 Å². The molecule has 8 nitrogen and oxygen atoms in total. The third-order valence-electron chi connectivity index (χ3n) is 4.42. The van der Waals surface area contributed by atoms with Crippen molar-refractivity contribution in [2.45, 2.75) is 25.7 Å². The van der Waals surface area contributed by atoms with E-state index in [4.69, 9.17) is 9.63 Å². The van der Waals surface area contributed by atoms with Crippen molar-refractivity contribution in [2.24, 2.45) is 5.92 Å². The smallest absolute Gasteiger partial charge is 0.305 e. The van der Waals surface area contributed by atoms with Gasteiger partial charge < -0.3 is 20.3 Å². The molecule has 1 aromatic heterocycles. The number of piperidine rings is 1. The first-order valence-corrected chi connectivity index (χ1v) is 8.75. The van der Waals surface area contributed by atoms with Crippen LogP contribution in [0, 0.1) is 5.92 Å². The molecule has 1 amide bonds. The Kier molecular flexibility index (Phi) is 5.96. The van der Waals surface area contributed by atoms with Crippen molar-refractivity contribution in [2.75, 3.05) is 19.6 Å². The number of hydrogen-bond acceptors (Lipinski definition) is 6. The zero-order valence-electron chi connectivity index (χ0n) is 14.4. The number of nitrogens with one attached hydrogen (secondary N) is 2. The normalized spacial score (nSPS) is 14.9. The van der Waals surface area contributed by atoms with Crippen LogP contribution in [-0.2, 0) is 11.2 Å². The van der Waals surface area contributed by atoms with Crippen LogP contribution in [0.2, 0.25) is 0 Å². The van der Waals surface area contributed by atoms with Crippen LogP contribution in [0.1, 0.15) is 35.5 Å². The zero-order chi connectivity index (χ0) is 18.4. The molecule has 8 heteroatoms. The Morgan fingerprint density at radius 3 is 2.65 bits per heavy atom. The molecule has 0 radical (unpaired) electrons. The molecule has 0 unspecified atom stereocenters. The molecule has 1 fully saturated rings. The molecule has 138 valence electrons.